The van der Waals surface area contributed by atoms with E-state index in [-0.39, 0.29) is 17.6 Å². The van der Waals surface area contributed by atoms with Gasteiger partial charge in [-0.25, -0.2) is 4.79 Å². The first kappa shape index (κ1) is 21.0. The zero-order valence-corrected chi connectivity index (χ0v) is 18.9. The lowest BCUT2D eigenvalue weighted by atomic mass is 10.1. The number of fused-ring (bicyclic) bond motifs is 2. The predicted octanol–water partition coefficient (Wildman–Crippen LogP) is 5.71. The van der Waals surface area contributed by atoms with Crippen molar-refractivity contribution in [2.24, 2.45) is 0 Å². The number of esters is 1. The fourth-order valence-corrected chi connectivity index (χ4v) is 6.23. The van der Waals surface area contributed by atoms with Gasteiger partial charge in [0, 0.05) is 26.4 Å². The molecule has 0 aliphatic heterocycles. The zero-order valence-electron chi connectivity index (χ0n) is 17.3. The molecule has 0 fully saturated rings. The number of amides is 1. The summed E-state index contributed by atoms with van der Waals surface area (Å²) in [4.78, 5) is 31.1. The quantitative estimate of drug-likeness (QED) is 0.291. The van der Waals surface area contributed by atoms with Crippen molar-refractivity contribution in [3.63, 3.8) is 0 Å². The molecule has 30 heavy (non-hydrogen) atoms. The number of carbonyl (C=O) groups excluding carboxylic acids is 2. The van der Waals surface area contributed by atoms with Gasteiger partial charge < -0.3 is 15.0 Å². The van der Waals surface area contributed by atoms with Crippen molar-refractivity contribution >= 4 is 50.9 Å². The molecule has 0 radical (unpaired) electrons. The van der Waals surface area contributed by atoms with Gasteiger partial charge in [-0.15, -0.1) is 23.1 Å². The van der Waals surface area contributed by atoms with Gasteiger partial charge in [-0.2, -0.15) is 0 Å². The van der Waals surface area contributed by atoms with Crippen LogP contribution in [0, 0.1) is 6.92 Å². The van der Waals surface area contributed by atoms with Crippen LogP contribution in [0.15, 0.2) is 29.2 Å². The lowest BCUT2D eigenvalue weighted by Crippen LogP contribution is -2.16. The van der Waals surface area contributed by atoms with E-state index in [9.17, 15) is 9.59 Å². The minimum atomic E-state index is -0.327. The molecule has 0 saturated carbocycles. The van der Waals surface area contributed by atoms with E-state index in [1.807, 2.05) is 25.1 Å². The van der Waals surface area contributed by atoms with Crippen LogP contribution in [0.25, 0.3) is 10.9 Å². The number of carbonyl (C=O) groups is 2. The molecule has 3 aromatic rings. The molecule has 0 unspecified atom stereocenters. The summed E-state index contributed by atoms with van der Waals surface area (Å²) in [6, 6.07) is 8.10. The highest BCUT2D eigenvalue weighted by molar-refractivity contribution is 8.00. The Balaban J connectivity index is 1.52. The first-order valence-corrected chi connectivity index (χ1v) is 12.2. The summed E-state index contributed by atoms with van der Waals surface area (Å²) in [6.07, 6.45) is 5.20. The molecule has 5 nitrogen and oxygen atoms in total. The van der Waals surface area contributed by atoms with Crippen LogP contribution >= 0.6 is 23.1 Å². The van der Waals surface area contributed by atoms with Gasteiger partial charge in [0.2, 0.25) is 5.91 Å². The van der Waals surface area contributed by atoms with Crippen LogP contribution in [0.1, 0.15) is 52.7 Å². The molecule has 0 atom stereocenters. The van der Waals surface area contributed by atoms with Crippen LogP contribution in [0.4, 0.5) is 5.00 Å². The summed E-state index contributed by atoms with van der Waals surface area (Å²) in [5.74, 6) is -0.146. The smallest absolute Gasteiger partial charge is 0.341 e. The third kappa shape index (κ3) is 4.27. The van der Waals surface area contributed by atoms with E-state index in [4.69, 9.17) is 4.74 Å². The molecule has 2 N–H and O–H groups in total. The van der Waals surface area contributed by atoms with Crippen LogP contribution in [-0.4, -0.2) is 29.2 Å². The normalized spacial score (nSPS) is 13.7. The number of thiophene rings is 1. The lowest BCUT2D eigenvalue weighted by Gasteiger charge is -2.08. The average molecular weight is 443 g/mol. The standard InChI is InChI=1S/C23H26N2O3S2/c1-3-28-23(27)20-16-10-5-4-6-12-18(16)30-22(20)25-19(26)13-29-21-14(2)24-17-11-8-7-9-15(17)21/h7-9,11,24H,3-6,10,12-13H2,1-2H3,(H,25,26). The number of anilines is 1. The van der Waals surface area contributed by atoms with Crippen molar-refractivity contribution in [2.75, 3.05) is 17.7 Å². The number of ether oxygens (including phenoxy) is 1. The Morgan fingerprint density at radius 3 is 2.83 bits per heavy atom. The Morgan fingerprint density at radius 1 is 1.20 bits per heavy atom. The second-order valence-electron chi connectivity index (χ2n) is 7.45. The minimum absolute atomic E-state index is 0.105. The molecular weight excluding hydrogens is 416 g/mol. The van der Waals surface area contributed by atoms with Crippen LogP contribution in [-0.2, 0) is 22.4 Å². The molecule has 0 bridgehead atoms. The maximum absolute atomic E-state index is 12.8. The first-order chi connectivity index (χ1) is 14.6. The van der Waals surface area contributed by atoms with Gasteiger partial charge in [-0.3, -0.25) is 4.79 Å². The summed E-state index contributed by atoms with van der Waals surface area (Å²) in [5, 5.41) is 4.77. The number of hydrogen-bond acceptors (Lipinski definition) is 5. The largest absolute Gasteiger partial charge is 0.462 e. The lowest BCUT2D eigenvalue weighted by molar-refractivity contribution is -0.113. The molecule has 1 aromatic carbocycles. The molecule has 0 spiro atoms. The summed E-state index contributed by atoms with van der Waals surface area (Å²) in [5.41, 5.74) is 3.78. The maximum atomic E-state index is 12.8. The van der Waals surface area contributed by atoms with Crippen LogP contribution in [0.2, 0.25) is 0 Å². The number of nitrogens with one attached hydrogen (secondary N) is 2. The van der Waals surface area contributed by atoms with E-state index in [1.54, 1.807) is 6.92 Å². The molecule has 2 aromatic heterocycles. The summed E-state index contributed by atoms with van der Waals surface area (Å²) in [6.45, 7) is 4.16. The Kier molecular flexibility index (Phi) is 6.49. The number of rotatable bonds is 6. The predicted molar refractivity (Wildman–Crippen MR) is 124 cm³/mol. The Labute approximate surface area is 184 Å². The summed E-state index contributed by atoms with van der Waals surface area (Å²) < 4.78 is 5.31. The number of aryl methyl sites for hydroxylation is 2. The molecule has 7 heteroatoms. The highest BCUT2D eigenvalue weighted by Crippen LogP contribution is 2.38. The molecule has 2 heterocycles. The maximum Gasteiger partial charge on any atom is 0.341 e. The monoisotopic (exact) mass is 442 g/mol. The van der Waals surface area contributed by atoms with Crippen molar-refractivity contribution in [2.45, 2.75) is 50.8 Å². The average Bonchev–Trinajstić information content (AvgIpc) is 3.13. The van der Waals surface area contributed by atoms with Crippen LogP contribution in [0.5, 0.6) is 0 Å². The number of aromatic nitrogens is 1. The van der Waals surface area contributed by atoms with Crippen molar-refractivity contribution in [1.82, 2.24) is 4.98 Å². The highest BCUT2D eigenvalue weighted by Gasteiger charge is 2.26. The van der Waals surface area contributed by atoms with Gasteiger partial charge in [-0.05, 0) is 51.2 Å². The van der Waals surface area contributed by atoms with Crippen molar-refractivity contribution < 1.29 is 14.3 Å². The topological polar surface area (TPSA) is 71.2 Å². The van der Waals surface area contributed by atoms with Gasteiger partial charge >= 0.3 is 5.97 Å². The van der Waals surface area contributed by atoms with E-state index in [0.29, 0.717) is 17.2 Å². The summed E-state index contributed by atoms with van der Waals surface area (Å²) in [7, 11) is 0. The van der Waals surface area contributed by atoms with Gasteiger partial charge in [0.05, 0.1) is 17.9 Å². The highest BCUT2D eigenvalue weighted by atomic mass is 32.2. The SMILES string of the molecule is CCOC(=O)c1c(NC(=O)CSc2c(C)[nH]c3ccccc23)sc2c1CCCCC2. The third-order valence-electron chi connectivity index (χ3n) is 5.34. The molecule has 1 aliphatic rings. The van der Waals surface area contributed by atoms with E-state index >= 15 is 0 Å². The molecule has 1 aliphatic carbocycles. The molecule has 158 valence electrons. The summed E-state index contributed by atoms with van der Waals surface area (Å²) >= 11 is 3.06. The number of aromatic amines is 1. The number of para-hydroxylation sites is 1. The Hall–Kier alpha value is -2.25. The fraction of sp³-hybridized carbons (Fsp3) is 0.391. The molecule has 1 amide bonds. The second-order valence-corrected chi connectivity index (χ2v) is 9.54. The Morgan fingerprint density at radius 2 is 2.00 bits per heavy atom. The molecule has 0 saturated heterocycles. The number of hydrogen-bond donors (Lipinski definition) is 2. The van der Waals surface area contributed by atoms with E-state index in [2.05, 4.69) is 16.4 Å². The van der Waals surface area contributed by atoms with E-state index in [0.717, 1.165) is 52.7 Å². The number of thioether (sulfide) groups is 1. The molecular formula is C23H26N2O3S2. The van der Waals surface area contributed by atoms with Gasteiger partial charge in [0.25, 0.3) is 0 Å². The van der Waals surface area contributed by atoms with Crippen molar-refractivity contribution in [3.05, 3.63) is 46.0 Å². The zero-order chi connectivity index (χ0) is 21.1. The van der Waals surface area contributed by atoms with Crippen molar-refractivity contribution in [1.29, 1.82) is 0 Å². The number of benzene rings is 1. The van der Waals surface area contributed by atoms with E-state index in [1.165, 1.54) is 34.4 Å². The second kappa shape index (κ2) is 9.27. The first-order valence-electron chi connectivity index (χ1n) is 10.4. The molecule has 4 rings (SSSR count). The van der Waals surface area contributed by atoms with Crippen LogP contribution < -0.4 is 5.32 Å². The van der Waals surface area contributed by atoms with E-state index < -0.39 is 0 Å². The van der Waals surface area contributed by atoms with Crippen LogP contribution in [0.3, 0.4) is 0 Å². The fourth-order valence-electron chi connectivity index (χ4n) is 3.99. The van der Waals surface area contributed by atoms with Gasteiger partial charge in [-0.1, -0.05) is 24.6 Å². The Bertz CT molecular complexity index is 1080. The number of H-pyrrole nitrogens is 1. The van der Waals surface area contributed by atoms with Crippen molar-refractivity contribution in [3.8, 4) is 0 Å². The third-order valence-corrected chi connectivity index (χ3v) is 7.76. The van der Waals surface area contributed by atoms with Gasteiger partial charge in [0.1, 0.15) is 5.00 Å². The minimum Gasteiger partial charge on any atom is -0.462 e. The van der Waals surface area contributed by atoms with Gasteiger partial charge in [0.15, 0.2) is 0 Å².